The van der Waals surface area contributed by atoms with Gasteiger partial charge in [-0.25, -0.2) is 0 Å². The van der Waals surface area contributed by atoms with Crippen LogP contribution in [0.25, 0.3) is 0 Å². The van der Waals surface area contributed by atoms with Crippen LogP contribution in [0.3, 0.4) is 0 Å². The Labute approximate surface area is 120 Å². The minimum Gasteiger partial charge on any atom is -0.330 e. The van der Waals surface area contributed by atoms with Gasteiger partial charge in [0.2, 0.25) is 0 Å². The lowest BCUT2D eigenvalue weighted by Gasteiger charge is -2.28. The monoisotopic (exact) mass is 266 g/mol. The molecule has 0 aromatic heterocycles. The van der Waals surface area contributed by atoms with Gasteiger partial charge in [0.05, 0.1) is 0 Å². The number of hydrogen-bond donors (Lipinski definition) is 1. The normalized spacial score (nSPS) is 31.6. The van der Waals surface area contributed by atoms with Gasteiger partial charge in [-0.05, 0) is 81.8 Å². The molecule has 2 aliphatic rings. The molecule has 0 aliphatic heterocycles. The van der Waals surface area contributed by atoms with Gasteiger partial charge < -0.3 is 10.6 Å². The maximum atomic E-state index is 5.90. The summed E-state index contributed by atoms with van der Waals surface area (Å²) >= 11 is 0. The zero-order chi connectivity index (χ0) is 13.8. The van der Waals surface area contributed by atoms with E-state index in [4.69, 9.17) is 5.73 Å². The predicted octanol–water partition coefficient (Wildman–Crippen LogP) is 3.37. The maximum Gasteiger partial charge on any atom is 0.000936 e. The molecular formula is C17H34N2. The fourth-order valence-corrected chi connectivity index (χ4v) is 4.49. The molecular weight excluding hydrogens is 232 g/mol. The van der Waals surface area contributed by atoms with Crippen LogP contribution in [0.4, 0.5) is 0 Å². The number of rotatable bonds is 8. The van der Waals surface area contributed by atoms with Gasteiger partial charge in [0, 0.05) is 6.54 Å². The van der Waals surface area contributed by atoms with Gasteiger partial charge in [0.15, 0.2) is 0 Å². The molecule has 0 radical (unpaired) electrons. The molecule has 2 rings (SSSR count). The van der Waals surface area contributed by atoms with Gasteiger partial charge in [0.1, 0.15) is 0 Å². The summed E-state index contributed by atoms with van der Waals surface area (Å²) in [7, 11) is 2.31. The van der Waals surface area contributed by atoms with Gasteiger partial charge in [-0.2, -0.15) is 0 Å². The zero-order valence-electron chi connectivity index (χ0n) is 13.3. The van der Waals surface area contributed by atoms with Crippen molar-refractivity contribution in [3.63, 3.8) is 0 Å². The highest BCUT2D eigenvalue weighted by molar-refractivity contribution is 4.90. The quantitative estimate of drug-likeness (QED) is 0.730. The molecule has 2 N–H and O–H groups in total. The highest BCUT2D eigenvalue weighted by Crippen LogP contribution is 2.48. The minimum absolute atomic E-state index is 0.725. The van der Waals surface area contributed by atoms with Crippen molar-refractivity contribution in [3.8, 4) is 0 Å². The van der Waals surface area contributed by atoms with Crippen molar-refractivity contribution in [2.45, 2.75) is 52.4 Å². The van der Waals surface area contributed by atoms with E-state index in [-0.39, 0.29) is 0 Å². The summed E-state index contributed by atoms with van der Waals surface area (Å²) < 4.78 is 0. The fraction of sp³-hybridized carbons (Fsp3) is 1.00. The lowest BCUT2D eigenvalue weighted by molar-refractivity contribution is 0.206. The Balaban J connectivity index is 1.65. The Morgan fingerprint density at radius 3 is 2.53 bits per heavy atom. The van der Waals surface area contributed by atoms with E-state index in [1.54, 1.807) is 0 Å². The average Bonchev–Trinajstić information content (AvgIpc) is 2.96. The Morgan fingerprint density at radius 1 is 1.21 bits per heavy atom. The van der Waals surface area contributed by atoms with E-state index >= 15 is 0 Å². The van der Waals surface area contributed by atoms with E-state index in [0.717, 1.165) is 36.1 Å². The molecule has 2 nitrogen and oxygen atoms in total. The van der Waals surface area contributed by atoms with Crippen LogP contribution in [0.1, 0.15) is 52.4 Å². The maximum absolute atomic E-state index is 5.90. The predicted molar refractivity (Wildman–Crippen MR) is 83.1 cm³/mol. The molecule has 2 saturated carbocycles. The summed E-state index contributed by atoms with van der Waals surface area (Å²) in [5, 5.41) is 0. The van der Waals surface area contributed by atoms with E-state index < -0.39 is 0 Å². The van der Waals surface area contributed by atoms with Crippen molar-refractivity contribution in [3.05, 3.63) is 0 Å². The number of hydrogen-bond acceptors (Lipinski definition) is 2. The highest BCUT2D eigenvalue weighted by atomic mass is 15.1. The van der Waals surface area contributed by atoms with Crippen molar-refractivity contribution in [2.75, 3.05) is 26.7 Å². The van der Waals surface area contributed by atoms with Crippen LogP contribution in [0.5, 0.6) is 0 Å². The summed E-state index contributed by atoms with van der Waals surface area (Å²) in [5.74, 6) is 4.66. The first-order valence-electron chi connectivity index (χ1n) is 8.47. The number of nitrogens with two attached hydrogens (primary N) is 1. The first-order valence-corrected chi connectivity index (χ1v) is 8.47. The molecule has 0 aromatic rings. The fourth-order valence-electron chi connectivity index (χ4n) is 4.49. The van der Waals surface area contributed by atoms with E-state index in [0.29, 0.717) is 0 Å². The second-order valence-corrected chi connectivity index (χ2v) is 7.72. The lowest BCUT2D eigenvalue weighted by Crippen LogP contribution is -2.31. The van der Waals surface area contributed by atoms with E-state index in [1.807, 2.05) is 0 Å². The lowest BCUT2D eigenvalue weighted by atomic mass is 9.88. The Bertz CT molecular complexity index is 264. The molecule has 2 heteroatoms. The van der Waals surface area contributed by atoms with Gasteiger partial charge in [0.25, 0.3) is 0 Å². The van der Waals surface area contributed by atoms with Crippen molar-refractivity contribution in [1.29, 1.82) is 0 Å². The van der Waals surface area contributed by atoms with Gasteiger partial charge in [-0.15, -0.1) is 0 Å². The minimum atomic E-state index is 0.725. The van der Waals surface area contributed by atoms with Gasteiger partial charge >= 0.3 is 0 Å². The standard InChI is InChI=1S/C17H34N2/c1-13(2)8-15(11-18)6-7-19(3)12-17-10-14-4-5-16(17)9-14/h13-17H,4-12,18H2,1-3H3. The summed E-state index contributed by atoms with van der Waals surface area (Å²) in [6, 6.07) is 0. The van der Waals surface area contributed by atoms with Crippen molar-refractivity contribution in [1.82, 2.24) is 4.90 Å². The molecule has 0 saturated heterocycles. The third-order valence-corrected chi connectivity index (χ3v) is 5.49. The molecule has 0 spiro atoms. The van der Waals surface area contributed by atoms with Crippen LogP contribution in [0.15, 0.2) is 0 Å². The first-order chi connectivity index (χ1) is 9.08. The first kappa shape index (κ1) is 15.3. The summed E-state index contributed by atoms with van der Waals surface area (Å²) in [5.41, 5.74) is 5.90. The van der Waals surface area contributed by atoms with E-state index in [1.165, 1.54) is 51.6 Å². The third kappa shape index (κ3) is 4.46. The summed E-state index contributed by atoms with van der Waals surface area (Å²) in [6.45, 7) is 8.05. The van der Waals surface area contributed by atoms with Crippen molar-refractivity contribution >= 4 is 0 Å². The Hall–Kier alpha value is -0.0800. The molecule has 0 heterocycles. The topological polar surface area (TPSA) is 29.3 Å². The molecule has 0 aromatic carbocycles. The Kier molecular flexibility index (Phi) is 5.70. The molecule has 2 aliphatic carbocycles. The second kappa shape index (κ2) is 7.08. The van der Waals surface area contributed by atoms with Crippen LogP contribution in [0, 0.1) is 29.6 Å². The second-order valence-electron chi connectivity index (χ2n) is 7.72. The molecule has 4 unspecified atom stereocenters. The Morgan fingerprint density at radius 2 is 2.00 bits per heavy atom. The van der Waals surface area contributed by atoms with E-state index in [2.05, 4.69) is 25.8 Å². The SMILES string of the molecule is CC(C)CC(CN)CCN(C)CC1CC2CCC1C2. The van der Waals surface area contributed by atoms with Gasteiger partial charge in [-0.3, -0.25) is 0 Å². The highest BCUT2D eigenvalue weighted by Gasteiger charge is 2.39. The molecule has 112 valence electrons. The average molecular weight is 266 g/mol. The zero-order valence-corrected chi connectivity index (χ0v) is 13.3. The molecule has 2 fully saturated rings. The smallest absolute Gasteiger partial charge is 0.000936 e. The van der Waals surface area contributed by atoms with Crippen molar-refractivity contribution < 1.29 is 0 Å². The number of nitrogens with zero attached hydrogens (tertiary/aromatic N) is 1. The van der Waals surface area contributed by atoms with Crippen molar-refractivity contribution in [2.24, 2.45) is 35.3 Å². The van der Waals surface area contributed by atoms with Gasteiger partial charge in [-0.1, -0.05) is 20.3 Å². The third-order valence-electron chi connectivity index (χ3n) is 5.49. The largest absolute Gasteiger partial charge is 0.330 e. The van der Waals surface area contributed by atoms with Crippen LogP contribution >= 0.6 is 0 Å². The summed E-state index contributed by atoms with van der Waals surface area (Å²) in [4.78, 5) is 2.58. The molecule has 0 amide bonds. The number of fused-ring (bicyclic) bond motifs is 2. The molecule has 4 atom stereocenters. The molecule has 2 bridgehead atoms. The van der Waals surface area contributed by atoms with Crippen LogP contribution in [-0.2, 0) is 0 Å². The van der Waals surface area contributed by atoms with Crippen LogP contribution < -0.4 is 5.73 Å². The van der Waals surface area contributed by atoms with Crippen LogP contribution in [0.2, 0.25) is 0 Å². The summed E-state index contributed by atoms with van der Waals surface area (Å²) in [6.07, 6.45) is 8.67. The van der Waals surface area contributed by atoms with Crippen LogP contribution in [-0.4, -0.2) is 31.6 Å². The van der Waals surface area contributed by atoms with E-state index in [9.17, 15) is 0 Å². The molecule has 19 heavy (non-hydrogen) atoms.